The van der Waals surface area contributed by atoms with Gasteiger partial charge in [0.05, 0.1) is 35.8 Å². The van der Waals surface area contributed by atoms with E-state index in [1.54, 1.807) is 36.5 Å². The molecule has 5 rings (SSSR count). The number of pyridine rings is 1. The Labute approximate surface area is 230 Å². The highest BCUT2D eigenvalue weighted by atomic mass is 35.5. The molecular formula is C26H23ClFN5O3S2. The summed E-state index contributed by atoms with van der Waals surface area (Å²) in [5.74, 6) is -0.149. The summed E-state index contributed by atoms with van der Waals surface area (Å²) < 4.78 is 47.8. The molecular weight excluding hydrogens is 549 g/mol. The van der Waals surface area contributed by atoms with E-state index in [-0.39, 0.29) is 16.8 Å². The summed E-state index contributed by atoms with van der Waals surface area (Å²) in [4.78, 5) is 6.47. The lowest BCUT2D eigenvalue weighted by molar-refractivity contribution is 0.417. The van der Waals surface area contributed by atoms with Crippen LogP contribution in [0.3, 0.4) is 0 Å². The van der Waals surface area contributed by atoms with E-state index in [0.717, 1.165) is 17.6 Å². The van der Waals surface area contributed by atoms with Crippen molar-refractivity contribution in [1.29, 1.82) is 0 Å². The van der Waals surface area contributed by atoms with Crippen molar-refractivity contribution in [3.8, 4) is 11.4 Å². The van der Waals surface area contributed by atoms with E-state index < -0.39 is 21.9 Å². The van der Waals surface area contributed by atoms with Crippen LogP contribution >= 0.6 is 23.8 Å². The van der Waals surface area contributed by atoms with E-state index in [1.165, 1.54) is 13.2 Å². The zero-order chi connectivity index (χ0) is 27.0. The molecule has 2 N–H and O–H groups in total. The van der Waals surface area contributed by atoms with E-state index in [2.05, 4.69) is 15.0 Å². The third-order valence-electron chi connectivity index (χ3n) is 6.12. The number of benzene rings is 2. The number of sulfonamides is 1. The van der Waals surface area contributed by atoms with E-state index in [9.17, 15) is 12.8 Å². The third-order valence-corrected chi connectivity index (χ3v) is 7.31. The van der Waals surface area contributed by atoms with Gasteiger partial charge in [-0.1, -0.05) is 17.7 Å². The highest BCUT2D eigenvalue weighted by molar-refractivity contribution is 7.92. The maximum Gasteiger partial charge on any atom is 0.229 e. The zero-order valence-electron chi connectivity index (χ0n) is 20.3. The molecule has 1 aliphatic rings. The normalized spacial score (nSPS) is 17.4. The maximum atomic E-state index is 13.9. The van der Waals surface area contributed by atoms with Crippen molar-refractivity contribution in [1.82, 2.24) is 14.9 Å². The summed E-state index contributed by atoms with van der Waals surface area (Å²) in [5, 5.41) is 3.81. The topological polar surface area (TPSA) is 88.5 Å². The van der Waals surface area contributed by atoms with Crippen LogP contribution in [0.1, 0.15) is 23.5 Å². The van der Waals surface area contributed by atoms with E-state index in [1.807, 2.05) is 46.0 Å². The molecule has 1 fully saturated rings. The number of nitrogens with one attached hydrogen (secondary N) is 2. The molecule has 196 valence electrons. The fourth-order valence-corrected chi connectivity index (χ4v) is 5.64. The van der Waals surface area contributed by atoms with Crippen molar-refractivity contribution in [3.05, 3.63) is 101 Å². The number of rotatable bonds is 7. The first-order chi connectivity index (χ1) is 18.2. The lowest BCUT2D eigenvalue weighted by Gasteiger charge is -2.29. The Bertz CT molecular complexity index is 1610. The van der Waals surface area contributed by atoms with Gasteiger partial charge in [0.15, 0.2) is 5.11 Å². The van der Waals surface area contributed by atoms with Crippen LogP contribution in [0.25, 0.3) is 5.69 Å². The first kappa shape index (κ1) is 26.0. The molecule has 0 saturated carbocycles. The molecule has 3 heterocycles. The second-order valence-corrected chi connectivity index (χ2v) is 11.2. The third kappa shape index (κ3) is 5.04. The van der Waals surface area contributed by atoms with E-state index in [4.69, 9.17) is 28.6 Å². The second-order valence-electron chi connectivity index (χ2n) is 8.66. The minimum Gasteiger partial charge on any atom is -0.495 e. The number of hydrogen-bond donors (Lipinski definition) is 2. The van der Waals surface area contributed by atoms with Crippen molar-refractivity contribution < 1.29 is 17.5 Å². The number of nitrogens with zero attached hydrogens (tertiary/aromatic N) is 3. The van der Waals surface area contributed by atoms with Crippen LogP contribution in [0, 0.1) is 5.82 Å². The van der Waals surface area contributed by atoms with E-state index >= 15 is 0 Å². The fraction of sp³-hybridized carbons (Fsp3) is 0.154. The molecule has 12 heteroatoms. The van der Waals surface area contributed by atoms with E-state index in [0.29, 0.717) is 22.2 Å². The summed E-state index contributed by atoms with van der Waals surface area (Å²) in [6.45, 7) is 0. The van der Waals surface area contributed by atoms with Crippen LogP contribution in [0.5, 0.6) is 5.75 Å². The standard InChI is InChI=1S/C26H23ClFN5O3S2/c1-36-23-11-9-17(15-21(23)31-38(2,34)35)33-25(24(30-26(33)37)20-6-3-4-12-29-20)22-7-5-13-32(22)16-8-10-19(28)18(27)14-16/h3-15,24-25,31H,1-2H3,(H,30,37)/t24-,25-/m1/s1. The minimum atomic E-state index is -3.58. The van der Waals surface area contributed by atoms with Crippen LogP contribution in [0.15, 0.2) is 79.1 Å². The molecule has 0 spiro atoms. The largest absolute Gasteiger partial charge is 0.495 e. The van der Waals surface area contributed by atoms with Gasteiger partial charge in [-0.05, 0) is 72.9 Å². The Balaban J connectivity index is 1.67. The van der Waals surface area contributed by atoms with Gasteiger partial charge >= 0.3 is 0 Å². The average Bonchev–Trinajstić information content (AvgIpc) is 3.49. The molecule has 2 aromatic heterocycles. The lowest BCUT2D eigenvalue weighted by atomic mass is 10.0. The molecule has 4 aromatic rings. The second kappa shape index (κ2) is 10.2. The molecule has 0 bridgehead atoms. The summed E-state index contributed by atoms with van der Waals surface area (Å²) in [7, 11) is -2.12. The van der Waals surface area contributed by atoms with Crippen LogP contribution in [0.2, 0.25) is 5.02 Å². The first-order valence-electron chi connectivity index (χ1n) is 11.5. The van der Waals surface area contributed by atoms with Gasteiger partial charge < -0.3 is 19.5 Å². The van der Waals surface area contributed by atoms with Crippen LogP contribution in [-0.4, -0.2) is 36.4 Å². The van der Waals surface area contributed by atoms with Crippen LogP contribution < -0.4 is 19.7 Å². The number of aromatic nitrogens is 2. The summed E-state index contributed by atoms with van der Waals surface area (Å²) in [6.07, 6.45) is 4.64. The number of hydrogen-bond acceptors (Lipinski definition) is 5. The molecule has 0 radical (unpaired) electrons. The first-order valence-corrected chi connectivity index (χ1v) is 14.1. The van der Waals surface area contributed by atoms with Crippen molar-refractivity contribution in [2.45, 2.75) is 12.1 Å². The molecule has 38 heavy (non-hydrogen) atoms. The summed E-state index contributed by atoms with van der Waals surface area (Å²) in [6, 6.07) is 18.4. The SMILES string of the molecule is COc1ccc(N2C(=S)N[C@H](c3ccccn3)[C@H]2c2cccn2-c2ccc(F)c(Cl)c2)cc1NS(C)(=O)=O. The molecule has 2 aromatic carbocycles. The van der Waals surface area contributed by atoms with Gasteiger partial charge in [0, 0.05) is 29.5 Å². The fourth-order valence-electron chi connectivity index (χ4n) is 4.56. The smallest absolute Gasteiger partial charge is 0.229 e. The van der Waals surface area contributed by atoms with Gasteiger partial charge in [0.1, 0.15) is 17.6 Å². The lowest BCUT2D eigenvalue weighted by Crippen LogP contribution is -2.30. The Morgan fingerprint density at radius 1 is 1.11 bits per heavy atom. The van der Waals surface area contributed by atoms with Crippen molar-refractivity contribution in [2.24, 2.45) is 0 Å². The summed E-state index contributed by atoms with van der Waals surface area (Å²) in [5.41, 5.74) is 3.15. The van der Waals surface area contributed by atoms with Gasteiger partial charge in [-0.2, -0.15) is 0 Å². The van der Waals surface area contributed by atoms with Gasteiger partial charge in [0.2, 0.25) is 10.0 Å². The molecule has 1 aliphatic heterocycles. The Kier molecular flexibility index (Phi) is 6.99. The maximum absolute atomic E-state index is 13.9. The Morgan fingerprint density at radius 3 is 2.58 bits per heavy atom. The monoisotopic (exact) mass is 571 g/mol. The predicted molar refractivity (Wildman–Crippen MR) is 150 cm³/mol. The number of halogens is 2. The predicted octanol–water partition coefficient (Wildman–Crippen LogP) is 5.22. The van der Waals surface area contributed by atoms with Gasteiger partial charge in [-0.15, -0.1) is 0 Å². The quantitative estimate of drug-likeness (QED) is 0.294. The molecule has 2 atom stereocenters. The van der Waals surface area contributed by atoms with Gasteiger partial charge in [0.25, 0.3) is 0 Å². The van der Waals surface area contributed by atoms with Gasteiger partial charge in [-0.3, -0.25) is 9.71 Å². The van der Waals surface area contributed by atoms with Gasteiger partial charge in [-0.25, -0.2) is 12.8 Å². The number of methoxy groups -OCH3 is 1. The molecule has 0 aliphatic carbocycles. The molecule has 0 amide bonds. The number of ether oxygens (including phenoxy) is 1. The molecule has 8 nitrogen and oxygen atoms in total. The zero-order valence-corrected chi connectivity index (χ0v) is 22.7. The highest BCUT2D eigenvalue weighted by Gasteiger charge is 2.42. The van der Waals surface area contributed by atoms with Crippen LogP contribution in [-0.2, 0) is 10.0 Å². The van der Waals surface area contributed by atoms with Crippen molar-refractivity contribution in [2.75, 3.05) is 23.0 Å². The number of thiocarbonyl (C=S) groups is 1. The highest BCUT2D eigenvalue weighted by Crippen LogP contribution is 2.44. The Hall–Kier alpha value is -3.67. The average molecular weight is 572 g/mol. The van der Waals surface area contributed by atoms with Crippen molar-refractivity contribution in [3.63, 3.8) is 0 Å². The molecule has 0 unspecified atom stereocenters. The Morgan fingerprint density at radius 2 is 1.89 bits per heavy atom. The number of anilines is 2. The minimum absolute atomic E-state index is 0.00648. The van der Waals surface area contributed by atoms with Crippen LogP contribution in [0.4, 0.5) is 15.8 Å². The van der Waals surface area contributed by atoms with Crippen molar-refractivity contribution >= 4 is 50.3 Å². The molecule has 1 saturated heterocycles. The summed E-state index contributed by atoms with van der Waals surface area (Å²) >= 11 is 11.9.